The van der Waals surface area contributed by atoms with Gasteiger partial charge in [-0.15, -0.1) is 24.0 Å². The van der Waals surface area contributed by atoms with Crippen molar-refractivity contribution in [2.75, 3.05) is 13.6 Å². The molecule has 0 aliphatic heterocycles. The number of hydrogen-bond donors (Lipinski definition) is 2. The van der Waals surface area contributed by atoms with Crippen LogP contribution < -0.4 is 10.6 Å². The summed E-state index contributed by atoms with van der Waals surface area (Å²) in [5, 5.41) is 10.9. The Morgan fingerprint density at radius 1 is 1.42 bits per heavy atom. The summed E-state index contributed by atoms with van der Waals surface area (Å²) in [5.74, 6) is 1.43. The molecule has 0 aliphatic rings. The second-order valence-electron chi connectivity index (χ2n) is 4.96. The first kappa shape index (κ1) is 18.2. The van der Waals surface area contributed by atoms with E-state index in [1.54, 1.807) is 7.05 Å². The highest BCUT2D eigenvalue weighted by molar-refractivity contribution is 14.0. The smallest absolute Gasteiger partial charge is 0.191 e. The Balaban J connectivity index is 0.00000324. The van der Waals surface area contributed by atoms with Gasteiger partial charge in [-0.1, -0.05) is 13.8 Å². The van der Waals surface area contributed by atoms with Crippen LogP contribution in [-0.4, -0.2) is 35.4 Å². The summed E-state index contributed by atoms with van der Waals surface area (Å²) in [4.78, 5) is 4.21. The molecular weight excluding hydrogens is 353 g/mol. The van der Waals surface area contributed by atoms with Crippen molar-refractivity contribution >= 4 is 29.9 Å². The van der Waals surface area contributed by atoms with E-state index in [-0.39, 0.29) is 24.0 Å². The number of nitrogens with zero attached hydrogens (tertiary/aromatic N) is 3. The first-order valence-electron chi connectivity index (χ1n) is 6.49. The summed E-state index contributed by atoms with van der Waals surface area (Å²) in [6.07, 6.45) is 3.91. The summed E-state index contributed by atoms with van der Waals surface area (Å²) in [6, 6.07) is 0.406. The van der Waals surface area contributed by atoms with Gasteiger partial charge < -0.3 is 10.6 Å². The molecule has 0 radical (unpaired) electrons. The van der Waals surface area contributed by atoms with Crippen LogP contribution >= 0.6 is 24.0 Å². The van der Waals surface area contributed by atoms with Crippen molar-refractivity contribution in [2.24, 2.45) is 10.9 Å². The first-order chi connectivity index (χ1) is 8.52. The number of guanidine groups is 1. The van der Waals surface area contributed by atoms with Gasteiger partial charge in [-0.25, -0.2) is 0 Å². The molecule has 1 aromatic rings. The molecule has 1 unspecified atom stereocenters. The molecule has 0 fully saturated rings. The van der Waals surface area contributed by atoms with Crippen LogP contribution in [0.1, 0.15) is 26.3 Å². The van der Waals surface area contributed by atoms with Crippen LogP contribution in [0.25, 0.3) is 0 Å². The molecule has 0 aliphatic carbocycles. The number of rotatable bonds is 5. The fourth-order valence-corrected chi connectivity index (χ4v) is 1.46. The van der Waals surface area contributed by atoms with E-state index >= 15 is 0 Å². The fourth-order valence-electron chi connectivity index (χ4n) is 1.46. The van der Waals surface area contributed by atoms with Crippen LogP contribution in [0.4, 0.5) is 0 Å². The molecule has 1 atom stereocenters. The highest BCUT2D eigenvalue weighted by Gasteiger charge is 2.08. The van der Waals surface area contributed by atoms with Gasteiger partial charge in [0.15, 0.2) is 5.96 Å². The number of aryl methyl sites for hydroxylation is 1. The Bertz CT molecular complexity index is 386. The Hall–Kier alpha value is -0.790. The Kier molecular flexibility index (Phi) is 8.79. The number of aliphatic imine (C=N–C) groups is 1. The number of nitrogens with one attached hydrogen (secondary N) is 2. The summed E-state index contributed by atoms with van der Waals surface area (Å²) >= 11 is 0. The van der Waals surface area contributed by atoms with Crippen molar-refractivity contribution in [2.45, 2.75) is 40.3 Å². The maximum absolute atomic E-state index is 4.24. The van der Waals surface area contributed by atoms with Crippen LogP contribution in [0.5, 0.6) is 0 Å². The minimum Gasteiger partial charge on any atom is -0.355 e. The zero-order valence-electron chi connectivity index (χ0n) is 12.5. The van der Waals surface area contributed by atoms with E-state index < -0.39 is 0 Å². The third kappa shape index (κ3) is 6.79. The Labute approximate surface area is 133 Å². The molecule has 0 spiro atoms. The molecule has 0 bridgehead atoms. The highest BCUT2D eigenvalue weighted by atomic mass is 127. The van der Waals surface area contributed by atoms with Gasteiger partial charge in [0, 0.05) is 25.8 Å². The van der Waals surface area contributed by atoms with E-state index in [0.29, 0.717) is 12.0 Å². The van der Waals surface area contributed by atoms with Crippen LogP contribution in [0, 0.1) is 12.8 Å². The van der Waals surface area contributed by atoms with Gasteiger partial charge in [0.05, 0.1) is 12.7 Å². The van der Waals surface area contributed by atoms with Crippen molar-refractivity contribution in [1.82, 2.24) is 20.4 Å². The molecule has 6 heteroatoms. The van der Waals surface area contributed by atoms with E-state index in [1.165, 1.54) is 5.56 Å². The fraction of sp³-hybridized carbons (Fsp3) is 0.692. The van der Waals surface area contributed by atoms with Gasteiger partial charge in [0.2, 0.25) is 0 Å². The average molecular weight is 379 g/mol. The third-order valence-electron chi connectivity index (χ3n) is 2.98. The lowest BCUT2D eigenvalue weighted by Crippen LogP contribution is -2.45. The molecule has 5 nitrogen and oxygen atoms in total. The standard InChI is InChI=1S/C13H25N5.HI/c1-10(2)12(4)17-13(14-5)15-6-7-18-9-11(3)8-16-18;/h8-10,12H,6-7H2,1-5H3,(H2,14,15,17);1H. The van der Waals surface area contributed by atoms with Gasteiger partial charge in [0.1, 0.15) is 0 Å². The minimum absolute atomic E-state index is 0. The number of hydrogen-bond acceptors (Lipinski definition) is 2. The summed E-state index contributed by atoms with van der Waals surface area (Å²) < 4.78 is 1.93. The maximum atomic E-state index is 4.24. The van der Waals surface area contributed by atoms with Gasteiger partial charge in [-0.3, -0.25) is 9.67 Å². The van der Waals surface area contributed by atoms with E-state index in [0.717, 1.165) is 19.0 Å². The van der Waals surface area contributed by atoms with Crippen molar-refractivity contribution in [3.05, 3.63) is 18.0 Å². The Morgan fingerprint density at radius 3 is 2.58 bits per heavy atom. The lowest BCUT2D eigenvalue weighted by Gasteiger charge is -2.20. The Morgan fingerprint density at radius 2 is 2.11 bits per heavy atom. The predicted molar refractivity (Wildman–Crippen MR) is 91.2 cm³/mol. The van der Waals surface area contributed by atoms with Gasteiger partial charge in [0.25, 0.3) is 0 Å². The van der Waals surface area contributed by atoms with E-state index in [9.17, 15) is 0 Å². The van der Waals surface area contributed by atoms with Crippen LogP contribution in [0.3, 0.4) is 0 Å². The SMILES string of the molecule is CN=C(NCCn1cc(C)cn1)NC(C)C(C)C.I. The molecule has 1 rings (SSSR count). The molecule has 1 aromatic heterocycles. The molecular formula is C13H26IN5. The quantitative estimate of drug-likeness (QED) is 0.468. The lowest BCUT2D eigenvalue weighted by molar-refractivity contribution is 0.479. The average Bonchev–Trinajstić information content (AvgIpc) is 2.73. The topological polar surface area (TPSA) is 54.2 Å². The molecule has 0 amide bonds. The molecule has 19 heavy (non-hydrogen) atoms. The van der Waals surface area contributed by atoms with Crippen LogP contribution in [-0.2, 0) is 6.54 Å². The zero-order valence-corrected chi connectivity index (χ0v) is 14.8. The molecule has 0 saturated heterocycles. The second-order valence-corrected chi connectivity index (χ2v) is 4.96. The second kappa shape index (κ2) is 9.17. The van der Waals surface area contributed by atoms with Crippen LogP contribution in [0.2, 0.25) is 0 Å². The largest absolute Gasteiger partial charge is 0.355 e. The third-order valence-corrected chi connectivity index (χ3v) is 2.98. The summed E-state index contributed by atoms with van der Waals surface area (Å²) in [7, 11) is 1.79. The van der Waals surface area contributed by atoms with E-state index in [2.05, 4.69) is 41.5 Å². The van der Waals surface area contributed by atoms with E-state index in [4.69, 9.17) is 0 Å². The van der Waals surface area contributed by atoms with Crippen molar-refractivity contribution < 1.29 is 0 Å². The van der Waals surface area contributed by atoms with E-state index in [1.807, 2.05) is 24.0 Å². The first-order valence-corrected chi connectivity index (χ1v) is 6.49. The maximum Gasteiger partial charge on any atom is 0.191 e. The molecule has 0 saturated carbocycles. The van der Waals surface area contributed by atoms with Gasteiger partial charge in [-0.05, 0) is 25.3 Å². The molecule has 110 valence electrons. The zero-order chi connectivity index (χ0) is 13.5. The molecule has 2 N–H and O–H groups in total. The monoisotopic (exact) mass is 379 g/mol. The molecule has 1 heterocycles. The highest BCUT2D eigenvalue weighted by Crippen LogP contribution is 1.99. The predicted octanol–water partition coefficient (Wildman–Crippen LogP) is 2.02. The summed E-state index contributed by atoms with van der Waals surface area (Å²) in [5.41, 5.74) is 1.19. The minimum atomic E-state index is 0. The lowest BCUT2D eigenvalue weighted by atomic mass is 10.1. The summed E-state index contributed by atoms with van der Waals surface area (Å²) in [6.45, 7) is 10.2. The van der Waals surface area contributed by atoms with Crippen molar-refractivity contribution in [3.8, 4) is 0 Å². The van der Waals surface area contributed by atoms with Gasteiger partial charge in [-0.2, -0.15) is 5.10 Å². The normalized spacial score (nSPS) is 13.1. The number of halogens is 1. The van der Waals surface area contributed by atoms with Crippen molar-refractivity contribution in [3.63, 3.8) is 0 Å². The van der Waals surface area contributed by atoms with Gasteiger partial charge >= 0.3 is 0 Å². The molecule has 0 aromatic carbocycles. The van der Waals surface area contributed by atoms with Crippen LogP contribution in [0.15, 0.2) is 17.4 Å². The van der Waals surface area contributed by atoms with Crippen molar-refractivity contribution in [1.29, 1.82) is 0 Å². The number of aromatic nitrogens is 2.